The minimum absolute atomic E-state index is 0.233. The highest BCUT2D eigenvalue weighted by atomic mass is 16.5. The van der Waals surface area contributed by atoms with Crippen LogP contribution in [0.25, 0.3) is 0 Å². The van der Waals surface area contributed by atoms with Crippen LogP contribution in [0.5, 0.6) is 5.75 Å². The molecule has 0 unspecified atom stereocenters. The molecule has 1 atom stereocenters. The van der Waals surface area contributed by atoms with E-state index in [1.165, 1.54) is 0 Å². The lowest BCUT2D eigenvalue weighted by molar-refractivity contribution is -0.149. The third-order valence-electron chi connectivity index (χ3n) is 4.06. The lowest BCUT2D eigenvalue weighted by Crippen LogP contribution is -2.32. The van der Waals surface area contributed by atoms with E-state index in [9.17, 15) is 9.59 Å². The molecule has 0 aromatic heterocycles. The van der Waals surface area contributed by atoms with Crippen LogP contribution in [-0.2, 0) is 25.5 Å². The number of methoxy groups -OCH3 is 1. The summed E-state index contributed by atoms with van der Waals surface area (Å²) in [5.74, 6) is -0.938. The molecular weight excluding hydrogens is 334 g/mol. The number of hydrogen-bond acceptors (Lipinski definition) is 6. The Morgan fingerprint density at radius 2 is 1.81 bits per heavy atom. The van der Waals surface area contributed by atoms with Gasteiger partial charge in [0.05, 0.1) is 25.9 Å². The first-order valence-corrected chi connectivity index (χ1v) is 8.59. The lowest BCUT2D eigenvalue weighted by atomic mass is 9.93. The van der Waals surface area contributed by atoms with Gasteiger partial charge in [-0.1, -0.05) is 12.1 Å². The molecule has 0 spiro atoms. The average Bonchev–Trinajstić information content (AvgIpc) is 2.61. The summed E-state index contributed by atoms with van der Waals surface area (Å²) in [5, 5.41) is 3.07. The van der Waals surface area contributed by atoms with E-state index in [1.807, 2.05) is 31.2 Å². The molecular formula is C20H25NO5. The summed E-state index contributed by atoms with van der Waals surface area (Å²) in [6.07, 6.45) is 2.27. The second kappa shape index (κ2) is 9.08. The maximum atomic E-state index is 12.5. The SMILES string of the molecule is CCOC(=O)C1=C(C)NC(C)=C[C@H]1C(=O)OCCc1ccc(OC)cc1. The van der Waals surface area contributed by atoms with Crippen LogP contribution in [0, 0.1) is 5.92 Å². The summed E-state index contributed by atoms with van der Waals surface area (Å²) in [5.41, 5.74) is 2.74. The van der Waals surface area contributed by atoms with E-state index in [4.69, 9.17) is 14.2 Å². The number of carbonyl (C=O) groups excluding carboxylic acids is 2. The van der Waals surface area contributed by atoms with Crippen LogP contribution in [0.4, 0.5) is 0 Å². The van der Waals surface area contributed by atoms with Crippen LogP contribution in [0.2, 0.25) is 0 Å². The number of carbonyl (C=O) groups is 2. The molecule has 1 N–H and O–H groups in total. The number of rotatable bonds is 7. The normalized spacial score (nSPS) is 16.5. The standard InChI is InChI=1S/C20H25NO5/c1-5-25-20(23)18-14(3)21-13(2)12-17(18)19(22)26-11-10-15-6-8-16(24-4)9-7-15/h6-9,12,17,21H,5,10-11H2,1-4H3/t17-/m1/s1. The molecule has 1 aromatic rings. The third-order valence-corrected chi connectivity index (χ3v) is 4.06. The number of nitrogens with one attached hydrogen (secondary N) is 1. The van der Waals surface area contributed by atoms with Crippen LogP contribution in [-0.4, -0.2) is 32.3 Å². The van der Waals surface area contributed by atoms with E-state index < -0.39 is 17.9 Å². The second-order valence-electron chi connectivity index (χ2n) is 5.98. The molecule has 1 heterocycles. The Morgan fingerprint density at radius 1 is 1.12 bits per heavy atom. The van der Waals surface area contributed by atoms with Crippen LogP contribution in [0.3, 0.4) is 0 Å². The van der Waals surface area contributed by atoms with Crippen LogP contribution in [0.15, 0.2) is 47.3 Å². The highest BCUT2D eigenvalue weighted by Gasteiger charge is 2.33. The zero-order valence-electron chi connectivity index (χ0n) is 15.6. The van der Waals surface area contributed by atoms with Crippen LogP contribution < -0.4 is 10.1 Å². The van der Waals surface area contributed by atoms with Crippen LogP contribution in [0.1, 0.15) is 26.3 Å². The Bertz CT molecular complexity index is 718. The van der Waals surface area contributed by atoms with Crippen molar-refractivity contribution in [2.24, 2.45) is 5.92 Å². The predicted molar refractivity (Wildman–Crippen MR) is 97.4 cm³/mol. The molecule has 6 heteroatoms. The topological polar surface area (TPSA) is 73.9 Å². The number of esters is 2. The fourth-order valence-electron chi connectivity index (χ4n) is 2.80. The van der Waals surface area contributed by atoms with Gasteiger partial charge >= 0.3 is 11.9 Å². The van der Waals surface area contributed by atoms with Gasteiger partial charge in [-0.2, -0.15) is 0 Å². The van der Waals surface area contributed by atoms with Gasteiger partial charge in [0.25, 0.3) is 0 Å². The maximum Gasteiger partial charge on any atom is 0.336 e. The number of benzene rings is 1. The first-order valence-electron chi connectivity index (χ1n) is 8.59. The largest absolute Gasteiger partial charge is 0.497 e. The first-order chi connectivity index (χ1) is 12.5. The molecule has 140 valence electrons. The zero-order chi connectivity index (χ0) is 19.1. The average molecular weight is 359 g/mol. The highest BCUT2D eigenvalue weighted by Crippen LogP contribution is 2.25. The molecule has 1 aromatic carbocycles. The molecule has 0 saturated carbocycles. The van der Waals surface area contributed by atoms with Crippen molar-refractivity contribution in [3.63, 3.8) is 0 Å². The van der Waals surface area contributed by atoms with E-state index in [-0.39, 0.29) is 13.2 Å². The Labute approximate surface area is 153 Å². The predicted octanol–water partition coefficient (Wildman–Crippen LogP) is 2.74. The fourth-order valence-corrected chi connectivity index (χ4v) is 2.80. The summed E-state index contributed by atoms with van der Waals surface area (Å²) < 4.78 is 15.6. The van der Waals surface area contributed by atoms with E-state index >= 15 is 0 Å². The highest BCUT2D eigenvalue weighted by molar-refractivity contribution is 5.97. The minimum Gasteiger partial charge on any atom is -0.497 e. The molecule has 2 rings (SSSR count). The summed E-state index contributed by atoms with van der Waals surface area (Å²) in [7, 11) is 1.61. The van der Waals surface area contributed by atoms with Crippen molar-refractivity contribution in [3.05, 3.63) is 52.9 Å². The molecule has 0 radical (unpaired) electrons. The molecule has 1 aliphatic rings. The monoisotopic (exact) mass is 359 g/mol. The second-order valence-corrected chi connectivity index (χ2v) is 5.98. The molecule has 0 fully saturated rings. The Morgan fingerprint density at radius 3 is 2.42 bits per heavy atom. The summed E-state index contributed by atoms with van der Waals surface area (Å²) in [6, 6.07) is 7.58. The maximum absolute atomic E-state index is 12.5. The van der Waals surface area contributed by atoms with Gasteiger partial charge in [0.2, 0.25) is 0 Å². The van der Waals surface area contributed by atoms with Gasteiger partial charge in [-0.25, -0.2) is 4.79 Å². The summed E-state index contributed by atoms with van der Waals surface area (Å²) in [4.78, 5) is 24.8. The van der Waals surface area contributed by atoms with E-state index in [0.717, 1.165) is 17.0 Å². The molecule has 0 amide bonds. The van der Waals surface area contributed by atoms with Crippen molar-refractivity contribution in [1.82, 2.24) is 5.32 Å². The Kier molecular flexibility index (Phi) is 6.83. The number of allylic oxidation sites excluding steroid dienone is 2. The van der Waals surface area contributed by atoms with Gasteiger partial charge in [0.15, 0.2) is 0 Å². The number of dihydropyridines is 1. The van der Waals surface area contributed by atoms with Crippen molar-refractivity contribution in [3.8, 4) is 5.75 Å². The zero-order valence-corrected chi connectivity index (χ0v) is 15.6. The summed E-state index contributed by atoms with van der Waals surface area (Å²) >= 11 is 0. The van der Waals surface area contributed by atoms with Crippen LogP contribution >= 0.6 is 0 Å². The molecule has 0 aliphatic carbocycles. The minimum atomic E-state index is -0.758. The van der Waals surface area contributed by atoms with E-state index in [1.54, 1.807) is 27.0 Å². The summed E-state index contributed by atoms with van der Waals surface area (Å²) in [6.45, 7) is 5.80. The van der Waals surface area contributed by atoms with Gasteiger partial charge in [-0.05, 0) is 44.5 Å². The Balaban J connectivity index is 2.01. The van der Waals surface area contributed by atoms with Crippen molar-refractivity contribution in [2.75, 3.05) is 20.3 Å². The molecule has 0 saturated heterocycles. The van der Waals surface area contributed by atoms with Crippen molar-refractivity contribution >= 4 is 11.9 Å². The third kappa shape index (κ3) is 4.88. The van der Waals surface area contributed by atoms with Gasteiger partial charge in [0, 0.05) is 17.8 Å². The van der Waals surface area contributed by atoms with Gasteiger partial charge < -0.3 is 19.5 Å². The number of hydrogen-bond donors (Lipinski definition) is 1. The molecule has 6 nitrogen and oxygen atoms in total. The molecule has 0 bridgehead atoms. The lowest BCUT2D eigenvalue weighted by Gasteiger charge is -2.24. The van der Waals surface area contributed by atoms with Crippen molar-refractivity contribution in [1.29, 1.82) is 0 Å². The van der Waals surface area contributed by atoms with Crippen molar-refractivity contribution < 1.29 is 23.8 Å². The van der Waals surface area contributed by atoms with Gasteiger partial charge in [-0.15, -0.1) is 0 Å². The molecule has 26 heavy (non-hydrogen) atoms. The Hall–Kier alpha value is -2.76. The van der Waals surface area contributed by atoms with E-state index in [0.29, 0.717) is 17.7 Å². The van der Waals surface area contributed by atoms with Gasteiger partial charge in [0.1, 0.15) is 11.7 Å². The quantitative estimate of drug-likeness (QED) is 0.755. The smallest absolute Gasteiger partial charge is 0.336 e. The fraction of sp³-hybridized carbons (Fsp3) is 0.400. The van der Waals surface area contributed by atoms with Gasteiger partial charge in [-0.3, -0.25) is 4.79 Å². The molecule has 1 aliphatic heterocycles. The van der Waals surface area contributed by atoms with Crippen molar-refractivity contribution in [2.45, 2.75) is 27.2 Å². The first kappa shape index (κ1) is 19.6. The van der Waals surface area contributed by atoms with E-state index in [2.05, 4.69) is 5.32 Å². The number of ether oxygens (including phenoxy) is 3.